The van der Waals surface area contributed by atoms with E-state index in [9.17, 15) is 14.4 Å². The number of primary amides is 1. The van der Waals surface area contributed by atoms with Gasteiger partial charge in [-0.2, -0.15) is 0 Å². The number of imidazole rings is 1. The normalized spacial score (nSPS) is 11.9. The standard InChI is InChI=1S/C24H25N7O4/c1-29(14-18-13-26-22-7-2-3-10-30(18)22)24(35)20(8-9-21(25)32)31-15-19(27-28-31)17-6-4-5-16(11-17)12-23(33)34/h2-7,10-11,13,15,20H,8-9,12,14H2,1H3,(H2,25,32)(H,33,34)/t20-/m0/s1. The number of amides is 2. The molecule has 0 aliphatic rings. The number of nitrogens with zero attached hydrogens (tertiary/aromatic N) is 6. The number of aromatic nitrogens is 5. The van der Waals surface area contributed by atoms with Gasteiger partial charge in [0, 0.05) is 25.2 Å². The van der Waals surface area contributed by atoms with Crippen LogP contribution in [-0.2, 0) is 27.3 Å². The van der Waals surface area contributed by atoms with Crippen molar-refractivity contribution in [3.05, 3.63) is 72.3 Å². The van der Waals surface area contributed by atoms with Crippen molar-refractivity contribution < 1.29 is 19.5 Å². The molecule has 0 aliphatic carbocycles. The van der Waals surface area contributed by atoms with E-state index in [0.717, 1.165) is 11.3 Å². The molecular weight excluding hydrogens is 450 g/mol. The number of carboxylic acids is 1. The Morgan fingerprint density at radius 1 is 1.17 bits per heavy atom. The first-order valence-electron chi connectivity index (χ1n) is 11.0. The van der Waals surface area contributed by atoms with Gasteiger partial charge in [0.2, 0.25) is 11.8 Å². The molecule has 4 rings (SSSR count). The van der Waals surface area contributed by atoms with E-state index in [-0.39, 0.29) is 25.2 Å². The molecule has 0 bridgehead atoms. The van der Waals surface area contributed by atoms with Crippen LogP contribution in [-0.4, -0.2) is 59.2 Å². The average Bonchev–Trinajstić information content (AvgIpc) is 3.47. The third kappa shape index (κ3) is 5.52. The van der Waals surface area contributed by atoms with Gasteiger partial charge in [-0.1, -0.05) is 29.5 Å². The summed E-state index contributed by atoms with van der Waals surface area (Å²) in [6, 6.07) is 11.8. The van der Waals surface area contributed by atoms with E-state index in [0.29, 0.717) is 23.4 Å². The molecule has 3 aromatic heterocycles. The number of likely N-dealkylation sites (N-methyl/N-ethyl adjacent to an activating group) is 1. The van der Waals surface area contributed by atoms with Gasteiger partial charge in [-0.15, -0.1) is 5.10 Å². The Hall–Kier alpha value is -4.54. The zero-order chi connectivity index (χ0) is 24.9. The Morgan fingerprint density at radius 3 is 2.77 bits per heavy atom. The highest BCUT2D eigenvalue weighted by Gasteiger charge is 2.26. The molecule has 11 nitrogen and oxygen atoms in total. The summed E-state index contributed by atoms with van der Waals surface area (Å²) < 4.78 is 3.33. The number of pyridine rings is 1. The van der Waals surface area contributed by atoms with Crippen molar-refractivity contribution in [2.75, 3.05) is 7.05 Å². The number of hydrogen-bond acceptors (Lipinski definition) is 6. The van der Waals surface area contributed by atoms with Crippen LogP contribution in [0.5, 0.6) is 0 Å². The fourth-order valence-corrected chi connectivity index (χ4v) is 3.90. The van der Waals surface area contributed by atoms with E-state index < -0.39 is 17.9 Å². The minimum atomic E-state index is -0.933. The number of carbonyl (C=O) groups excluding carboxylic acids is 2. The quantitative estimate of drug-likeness (QED) is 0.354. The first-order chi connectivity index (χ1) is 16.8. The Balaban J connectivity index is 1.57. The van der Waals surface area contributed by atoms with Gasteiger partial charge in [0.05, 0.1) is 31.1 Å². The van der Waals surface area contributed by atoms with E-state index in [1.807, 2.05) is 28.8 Å². The second kappa shape index (κ2) is 10.2. The molecule has 0 fully saturated rings. The Morgan fingerprint density at radius 2 is 2.00 bits per heavy atom. The number of fused-ring (bicyclic) bond motifs is 1. The first-order valence-corrected chi connectivity index (χ1v) is 11.0. The fourth-order valence-electron chi connectivity index (χ4n) is 3.90. The summed E-state index contributed by atoms with van der Waals surface area (Å²) in [6.45, 7) is 0.301. The second-order valence-corrected chi connectivity index (χ2v) is 8.25. The third-order valence-corrected chi connectivity index (χ3v) is 5.63. The number of aliphatic carboxylic acids is 1. The molecule has 0 saturated heterocycles. The van der Waals surface area contributed by atoms with Crippen molar-refractivity contribution in [1.29, 1.82) is 0 Å². The molecule has 0 unspecified atom stereocenters. The lowest BCUT2D eigenvalue weighted by Gasteiger charge is -2.23. The van der Waals surface area contributed by atoms with Crippen molar-refractivity contribution in [2.45, 2.75) is 31.8 Å². The monoisotopic (exact) mass is 475 g/mol. The number of hydrogen-bond donors (Lipinski definition) is 2. The average molecular weight is 476 g/mol. The van der Waals surface area contributed by atoms with Crippen LogP contribution in [0.15, 0.2) is 61.1 Å². The number of carboxylic acid groups (broad SMARTS) is 1. The highest BCUT2D eigenvalue weighted by atomic mass is 16.4. The summed E-state index contributed by atoms with van der Waals surface area (Å²) in [5.41, 5.74) is 8.75. The lowest BCUT2D eigenvalue weighted by atomic mass is 10.1. The van der Waals surface area contributed by atoms with Gasteiger partial charge in [0.25, 0.3) is 0 Å². The molecule has 11 heteroatoms. The molecule has 180 valence electrons. The lowest BCUT2D eigenvalue weighted by molar-refractivity contribution is -0.136. The van der Waals surface area contributed by atoms with Gasteiger partial charge in [0.15, 0.2) is 0 Å². The number of nitrogens with two attached hydrogens (primary N) is 1. The molecule has 1 atom stereocenters. The lowest BCUT2D eigenvalue weighted by Crippen LogP contribution is -2.35. The third-order valence-electron chi connectivity index (χ3n) is 5.63. The smallest absolute Gasteiger partial charge is 0.307 e. The van der Waals surface area contributed by atoms with Gasteiger partial charge in [0.1, 0.15) is 17.4 Å². The van der Waals surface area contributed by atoms with Crippen LogP contribution in [0.3, 0.4) is 0 Å². The van der Waals surface area contributed by atoms with Gasteiger partial charge in [-0.3, -0.25) is 14.4 Å². The van der Waals surface area contributed by atoms with Crippen molar-refractivity contribution in [3.63, 3.8) is 0 Å². The van der Waals surface area contributed by atoms with Gasteiger partial charge in [-0.05, 0) is 30.2 Å². The van der Waals surface area contributed by atoms with Crippen LogP contribution in [0.1, 0.15) is 30.1 Å². The maximum atomic E-state index is 13.4. The van der Waals surface area contributed by atoms with E-state index in [2.05, 4.69) is 15.3 Å². The SMILES string of the molecule is CN(Cc1cnc2ccccn12)C(=O)[C@H](CCC(N)=O)n1cc(-c2cccc(CC(=O)O)c2)nn1. The van der Waals surface area contributed by atoms with Gasteiger partial charge < -0.3 is 20.1 Å². The molecule has 35 heavy (non-hydrogen) atoms. The summed E-state index contributed by atoms with van der Waals surface area (Å²) in [7, 11) is 1.68. The molecular formula is C24H25N7O4. The van der Waals surface area contributed by atoms with E-state index >= 15 is 0 Å². The Kier molecular flexibility index (Phi) is 6.86. The number of benzene rings is 1. The van der Waals surface area contributed by atoms with Crippen LogP contribution >= 0.6 is 0 Å². The van der Waals surface area contributed by atoms with Crippen molar-refractivity contribution in [2.24, 2.45) is 5.73 Å². The molecule has 0 spiro atoms. The zero-order valence-electron chi connectivity index (χ0n) is 19.1. The summed E-state index contributed by atoms with van der Waals surface area (Å²) in [4.78, 5) is 41.9. The summed E-state index contributed by atoms with van der Waals surface area (Å²) in [5, 5.41) is 17.4. The van der Waals surface area contributed by atoms with Gasteiger partial charge >= 0.3 is 5.97 Å². The molecule has 0 radical (unpaired) electrons. The maximum Gasteiger partial charge on any atom is 0.307 e. The molecule has 4 aromatic rings. The van der Waals surface area contributed by atoms with E-state index in [4.69, 9.17) is 10.8 Å². The van der Waals surface area contributed by atoms with Crippen molar-refractivity contribution in [1.82, 2.24) is 29.3 Å². The largest absolute Gasteiger partial charge is 0.481 e. The summed E-state index contributed by atoms with van der Waals surface area (Å²) >= 11 is 0. The first kappa shape index (κ1) is 23.6. The summed E-state index contributed by atoms with van der Waals surface area (Å²) in [6.07, 6.45) is 5.26. The van der Waals surface area contributed by atoms with Crippen LogP contribution in [0.4, 0.5) is 0 Å². The Labute approximate surface area is 200 Å². The highest BCUT2D eigenvalue weighted by Crippen LogP contribution is 2.23. The molecule has 1 aromatic carbocycles. The van der Waals surface area contributed by atoms with E-state index in [1.165, 1.54) is 4.68 Å². The predicted molar refractivity (Wildman–Crippen MR) is 126 cm³/mol. The Bertz CT molecular complexity index is 1380. The predicted octanol–water partition coefficient (Wildman–Crippen LogP) is 1.69. The fraction of sp³-hybridized carbons (Fsp3) is 0.250. The van der Waals surface area contributed by atoms with E-state index in [1.54, 1.807) is 48.6 Å². The van der Waals surface area contributed by atoms with Crippen LogP contribution in [0.25, 0.3) is 16.9 Å². The second-order valence-electron chi connectivity index (χ2n) is 8.25. The summed E-state index contributed by atoms with van der Waals surface area (Å²) in [5.74, 6) is -1.71. The topological polar surface area (TPSA) is 149 Å². The van der Waals surface area contributed by atoms with Gasteiger partial charge in [-0.25, -0.2) is 9.67 Å². The molecule has 3 heterocycles. The number of rotatable bonds is 10. The highest BCUT2D eigenvalue weighted by molar-refractivity contribution is 5.81. The zero-order valence-corrected chi connectivity index (χ0v) is 19.1. The van der Waals surface area contributed by atoms with Crippen molar-refractivity contribution >= 4 is 23.4 Å². The van der Waals surface area contributed by atoms with Crippen LogP contribution in [0, 0.1) is 0 Å². The molecule has 0 aliphatic heterocycles. The minimum absolute atomic E-state index is 0.00312. The number of carbonyl (C=O) groups is 3. The maximum absolute atomic E-state index is 13.4. The molecule has 3 N–H and O–H groups in total. The van der Waals surface area contributed by atoms with Crippen LogP contribution < -0.4 is 5.73 Å². The molecule has 2 amide bonds. The van der Waals surface area contributed by atoms with Crippen LogP contribution in [0.2, 0.25) is 0 Å². The minimum Gasteiger partial charge on any atom is -0.481 e. The molecule has 0 saturated carbocycles. The van der Waals surface area contributed by atoms with Crippen molar-refractivity contribution in [3.8, 4) is 11.3 Å².